The number of nitrogens with two attached hydrogens (primary N) is 1. The first-order chi connectivity index (χ1) is 7.63. The van der Waals surface area contributed by atoms with Crippen molar-refractivity contribution in [1.29, 1.82) is 0 Å². The zero-order valence-corrected chi connectivity index (χ0v) is 10.8. The smallest absolute Gasteiger partial charge is 0.0343 e. The summed E-state index contributed by atoms with van der Waals surface area (Å²) in [7, 11) is 2.18. The molecule has 2 nitrogen and oxygen atoms in total. The third-order valence-corrected chi connectivity index (χ3v) is 2.93. The quantitative estimate of drug-likeness (QED) is 0.589. The van der Waals surface area contributed by atoms with E-state index in [-0.39, 0.29) is 0 Å². The fraction of sp³-hybridized carbons (Fsp3) is 0.571. The van der Waals surface area contributed by atoms with Gasteiger partial charge < -0.3 is 10.6 Å². The summed E-state index contributed by atoms with van der Waals surface area (Å²) in [6.45, 7) is 6.50. The standard InChI is InChI=1S/C14H24N2/c1-4-5-6-9-16(3)11-13-7-8-14(15)12(2)10-13/h7-8,10H,4-6,9,11,15H2,1-3H3. The Kier molecular flexibility index (Phi) is 5.33. The van der Waals surface area contributed by atoms with Crippen molar-refractivity contribution in [3.05, 3.63) is 29.3 Å². The Labute approximate surface area is 99.5 Å². The van der Waals surface area contributed by atoms with Gasteiger partial charge in [-0.15, -0.1) is 0 Å². The van der Waals surface area contributed by atoms with Gasteiger partial charge in [-0.2, -0.15) is 0 Å². The highest BCUT2D eigenvalue weighted by molar-refractivity contribution is 5.47. The van der Waals surface area contributed by atoms with Crippen LogP contribution in [-0.2, 0) is 6.54 Å². The predicted octanol–water partition coefficient (Wildman–Crippen LogP) is 3.20. The molecule has 0 radical (unpaired) electrons. The second kappa shape index (κ2) is 6.54. The molecule has 0 amide bonds. The molecule has 0 spiro atoms. The van der Waals surface area contributed by atoms with Gasteiger partial charge in [0.1, 0.15) is 0 Å². The Morgan fingerprint density at radius 1 is 1.25 bits per heavy atom. The van der Waals surface area contributed by atoms with Crippen LogP contribution in [0.2, 0.25) is 0 Å². The summed E-state index contributed by atoms with van der Waals surface area (Å²) in [6.07, 6.45) is 3.90. The van der Waals surface area contributed by atoms with Crippen LogP contribution in [0.1, 0.15) is 37.3 Å². The average Bonchev–Trinajstić information content (AvgIpc) is 2.24. The number of rotatable bonds is 6. The van der Waals surface area contributed by atoms with Gasteiger partial charge >= 0.3 is 0 Å². The van der Waals surface area contributed by atoms with Gasteiger partial charge in [0.15, 0.2) is 0 Å². The van der Waals surface area contributed by atoms with E-state index in [4.69, 9.17) is 5.73 Å². The van der Waals surface area contributed by atoms with Gasteiger partial charge in [-0.05, 0) is 44.1 Å². The number of nitrogens with zero attached hydrogens (tertiary/aromatic N) is 1. The molecule has 0 aromatic heterocycles. The Bertz CT molecular complexity index is 321. The van der Waals surface area contributed by atoms with E-state index in [1.165, 1.54) is 36.9 Å². The lowest BCUT2D eigenvalue weighted by atomic mass is 10.1. The van der Waals surface area contributed by atoms with Crippen LogP contribution in [0.5, 0.6) is 0 Å². The zero-order valence-electron chi connectivity index (χ0n) is 10.8. The maximum absolute atomic E-state index is 5.80. The van der Waals surface area contributed by atoms with Crippen molar-refractivity contribution in [3.63, 3.8) is 0 Å². The Morgan fingerprint density at radius 3 is 2.62 bits per heavy atom. The molecule has 1 rings (SSSR count). The Balaban J connectivity index is 2.43. The van der Waals surface area contributed by atoms with Gasteiger partial charge in [0, 0.05) is 12.2 Å². The second-order valence-electron chi connectivity index (χ2n) is 4.64. The second-order valence-corrected chi connectivity index (χ2v) is 4.64. The highest BCUT2D eigenvalue weighted by Crippen LogP contribution is 2.14. The summed E-state index contributed by atoms with van der Waals surface area (Å²) in [4.78, 5) is 2.38. The van der Waals surface area contributed by atoms with Gasteiger partial charge in [0.05, 0.1) is 0 Å². The molecule has 0 aliphatic heterocycles. The van der Waals surface area contributed by atoms with Crippen molar-refractivity contribution in [2.75, 3.05) is 19.3 Å². The molecule has 0 saturated heterocycles. The lowest BCUT2D eigenvalue weighted by molar-refractivity contribution is 0.318. The van der Waals surface area contributed by atoms with E-state index in [2.05, 4.69) is 37.9 Å². The fourth-order valence-corrected chi connectivity index (χ4v) is 1.86. The predicted molar refractivity (Wildman–Crippen MR) is 71.5 cm³/mol. The minimum absolute atomic E-state index is 0.886. The van der Waals surface area contributed by atoms with Gasteiger partial charge in [-0.3, -0.25) is 0 Å². The van der Waals surface area contributed by atoms with Crippen molar-refractivity contribution in [3.8, 4) is 0 Å². The van der Waals surface area contributed by atoms with E-state index in [0.29, 0.717) is 0 Å². The van der Waals surface area contributed by atoms with Crippen molar-refractivity contribution < 1.29 is 0 Å². The van der Waals surface area contributed by atoms with Crippen LogP contribution in [0, 0.1) is 6.92 Å². The molecule has 0 aliphatic carbocycles. The number of nitrogen functional groups attached to an aromatic ring is 1. The highest BCUT2D eigenvalue weighted by atomic mass is 15.1. The van der Waals surface area contributed by atoms with Crippen LogP contribution in [-0.4, -0.2) is 18.5 Å². The third-order valence-electron chi connectivity index (χ3n) is 2.93. The number of hydrogen-bond donors (Lipinski definition) is 1. The van der Waals surface area contributed by atoms with E-state index in [1.807, 2.05) is 6.07 Å². The first kappa shape index (κ1) is 13.0. The molecule has 2 N–H and O–H groups in total. The normalized spacial score (nSPS) is 11.0. The SMILES string of the molecule is CCCCCN(C)Cc1ccc(N)c(C)c1. The van der Waals surface area contributed by atoms with Crippen molar-refractivity contribution >= 4 is 5.69 Å². The number of unbranched alkanes of at least 4 members (excludes halogenated alkanes) is 2. The first-order valence-electron chi connectivity index (χ1n) is 6.17. The molecule has 16 heavy (non-hydrogen) atoms. The topological polar surface area (TPSA) is 29.3 Å². The molecule has 1 aromatic rings. The summed E-state index contributed by atoms with van der Waals surface area (Å²) < 4.78 is 0. The maximum atomic E-state index is 5.80. The summed E-state index contributed by atoms with van der Waals surface area (Å²) >= 11 is 0. The van der Waals surface area contributed by atoms with E-state index in [0.717, 1.165) is 12.2 Å². The van der Waals surface area contributed by atoms with Crippen molar-refractivity contribution in [2.45, 2.75) is 39.7 Å². The third kappa shape index (κ3) is 4.23. The maximum Gasteiger partial charge on any atom is 0.0343 e. The summed E-state index contributed by atoms with van der Waals surface area (Å²) in [5.74, 6) is 0. The lowest BCUT2D eigenvalue weighted by Gasteiger charge is -2.17. The fourth-order valence-electron chi connectivity index (χ4n) is 1.86. The molecule has 2 heteroatoms. The number of anilines is 1. The number of aryl methyl sites for hydroxylation is 1. The first-order valence-corrected chi connectivity index (χ1v) is 6.17. The molecule has 0 atom stereocenters. The van der Waals surface area contributed by atoms with Crippen LogP contribution < -0.4 is 5.73 Å². The van der Waals surface area contributed by atoms with Gasteiger partial charge in [-0.25, -0.2) is 0 Å². The number of benzene rings is 1. The van der Waals surface area contributed by atoms with Gasteiger partial charge in [-0.1, -0.05) is 31.9 Å². The van der Waals surface area contributed by atoms with E-state index >= 15 is 0 Å². The molecule has 0 heterocycles. The van der Waals surface area contributed by atoms with Crippen LogP contribution in [0.25, 0.3) is 0 Å². The molecule has 0 bridgehead atoms. The molecule has 0 unspecified atom stereocenters. The summed E-state index contributed by atoms with van der Waals surface area (Å²) in [5, 5.41) is 0. The minimum Gasteiger partial charge on any atom is -0.399 e. The monoisotopic (exact) mass is 220 g/mol. The molecule has 1 aromatic carbocycles. The van der Waals surface area contributed by atoms with E-state index in [1.54, 1.807) is 0 Å². The average molecular weight is 220 g/mol. The van der Waals surface area contributed by atoms with Crippen LogP contribution in [0.3, 0.4) is 0 Å². The molecule has 0 aliphatic rings. The van der Waals surface area contributed by atoms with E-state index in [9.17, 15) is 0 Å². The largest absolute Gasteiger partial charge is 0.399 e. The van der Waals surface area contributed by atoms with Crippen LogP contribution in [0.15, 0.2) is 18.2 Å². The summed E-state index contributed by atoms with van der Waals surface area (Å²) in [5.41, 5.74) is 9.22. The Hall–Kier alpha value is -1.02. The zero-order chi connectivity index (χ0) is 12.0. The molecular formula is C14H24N2. The van der Waals surface area contributed by atoms with Crippen molar-refractivity contribution in [1.82, 2.24) is 4.90 Å². The molecule has 0 fully saturated rings. The molecule has 0 saturated carbocycles. The van der Waals surface area contributed by atoms with Crippen LogP contribution in [0.4, 0.5) is 5.69 Å². The lowest BCUT2D eigenvalue weighted by Crippen LogP contribution is -2.19. The van der Waals surface area contributed by atoms with Gasteiger partial charge in [0.25, 0.3) is 0 Å². The van der Waals surface area contributed by atoms with E-state index < -0.39 is 0 Å². The minimum atomic E-state index is 0.886. The highest BCUT2D eigenvalue weighted by Gasteiger charge is 2.01. The molecule has 90 valence electrons. The summed E-state index contributed by atoms with van der Waals surface area (Å²) in [6, 6.07) is 6.31. The number of hydrogen-bond acceptors (Lipinski definition) is 2. The Morgan fingerprint density at radius 2 is 2.00 bits per heavy atom. The van der Waals surface area contributed by atoms with Crippen molar-refractivity contribution in [2.24, 2.45) is 0 Å². The molecular weight excluding hydrogens is 196 g/mol. The van der Waals surface area contributed by atoms with Gasteiger partial charge in [0.2, 0.25) is 0 Å². The van der Waals surface area contributed by atoms with Crippen LogP contribution >= 0.6 is 0 Å².